The number of hydrogen-bond acceptors (Lipinski definition) is 3. The number of primary amides is 1. The first-order chi connectivity index (χ1) is 8.99. The third kappa shape index (κ3) is 6.22. The molecule has 19 heavy (non-hydrogen) atoms. The molecule has 1 amide bonds. The Morgan fingerprint density at radius 1 is 1.32 bits per heavy atom. The van der Waals surface area contributed by atoms with Crippen molar-refractivity contribution in [2.45, 2.75) is 25.3 Å². The number of carboxylic acid groups (broad SMARTS) is 1. The molecule has 0 spiro atoms. The number of aliphatic carboxylic acids is 1. The standard InChI is InChI=1S/C13H17ClN2O3/c14-10-3-1-9(2-4-10)7-8-16-11(13(15)19)5-6-12(17)18/h1-4,11,16H,5-8H2,(H2,15,19)(H,17,18)/t11-/m0/s1. The quantitative estimate of drug-likeness (QED) is 0.668. The predicted molar refractivity (Wildman–Crippen MR) is 73.0 cm³/mol. The molecule has 0 fully saturated rings. The molecule has 0 aliphatic carbocycles. The summed E-state index contributed by atoms with van der Waals surface area (Å²) in [5, 5.41) is 12.2. The summed E-state index contributed by atoms with van der Waals surface area (Å²) in [7, 11) is 0. The molecule has 1 atom stereocenters. The van der Waals surface area contributed by atoms with Crippen molar-refractivity contribution >= 4 is 23.5 Å². The number of carbonyl (C=O) groups excluding carboxylic acids is 1. The highest BCUT2D eigenvalue weighted by Crippen LogP contribution is 2.09. The van der Waals surface area contributed by atoms with Crippen molar-refractivity contribution in [2.75, 3.05) is 6.54 Å². The Balaban J connectivity index is 2.37. The summed E-state index contributed by atoms with van der Waals surface area (Å²) in [5.74, 6) is -1.47. The molecule has 0 saturated heterocycles. The zero-order valence-electron chi connectivity index (χ0n) is 10.4. The van der Waals surface area contributed by atoms with Crippen LogP contribution in [0.4, 0.5) is 0 Å². The molecule has 1 aromatic rings. The Morgan fingerprint density at radius 2 is 1.95 bits per heavy atom. The van der Waals surface area contributed by atoms with E-state index in [9.17, 15) is 9.59 Å². The first-order valence-electron chi connectivity index (χ1n) is 5.98. The van der Waals surface area contributed by atoms with Gasteiger partial charge in [0.25, 0.3) is 0 Å². The van der Waals surface area contributed by atoms with Gasteiger partial charge in [0.05, 0.1) is 6.04 Å². The first-order valence-corrected chi connectivity index (χ1v) is 6.36. The van der Waals surface area contributed by atoms with Crippen LogP contribution >= 0.6 is 11.6 Å². The molecule has 0 aromatic heterocycles. The summed E-state index contributed by atoms with van der Waals surface area (Å²) in [5.41, 5.74) is 6.29. The van der Waals surface area contributed by atoms with E-state index in [4.69, 9.17) is 22.4 Å². The van der Waals surface area contributed by atoms with Crippen molar-refractivity contribution in [1.29, 1.82) is 0 Å². The van der Waals surface area contributed by atoms with Gasteiger partial charge >= 0.3 is 5.97 Å². The van der Waals surface area contributed by atoms with E-state index in [-0.39, 0.29) is 12.8 Å². The van der Waals surface area contributed by atoms with Gasteiger partial charge in [0, 0.05) is 11.4 Å². The van der Waals surface area contributed by atoms with Gasteiger partial charge in [-0.15, -0.1) is 0 Å². The van der Waals surface area contributed by atoms with Gasteiger partial charge in [0.2, 0.25) is 5.91 Å². The Morgan fingerprint density at radius 3 is 2.47 bits per heavy atom. The van der Waals surface area contributed by atoms with E-state index in [1.54, 1.807) is 12.1 Å². The number of halogens is 1. The van der Waals surface area contributed by atoms with E-state index in [2.05, 4.69) is 5.32 Å². The van der Waals surface area contributed by atoms with Gasteiger partial charge < -0.3 is 16.2 Å². The molecule has 6 heteroatoms. The molecule has 1 rings (SSSR count). The van der Waals surface area contributed by atoms with Crippen molar-refractivity contribution < 1.29 is 14.7 Å². The topological polar surface area (TPSA) is 92.4 Å². The summed E-state index contributed by atoms with van der Waals surface area (Å²) in [4.78, 5) is 21.6. The molecule has 1 aromatic carbocycles. The number of benzene rings is 1. The fraction of sp³-hybridized carbons (Fsp3) is 0.385. The lowest BCUT2D eigenvalue weighted by molar-refractivity contribution is -0.137. The Hall–Kier alpha value is -1.59. The number of amides is 1. The van der Waals surface area contributed by atoms with E-state index in [0.717, 1.165) is 5.56 Å². The van der Waals surface area contributed by atoms with E-state index >= 15 is 0 Å². The highest BCUT2D eigenvalue weighted by Gasteiger charge is 2.15. The Kier molecular flexibility index (Phi) is 6.32. The van der Waals surface area contributed by atoms with Crippen molar-refractivity contribution in [3.8, 4) is 0 Å². The molecule has 0 radical (unpaired) electrons. The van der Waals surface area contributed by atoms with Gasteiger partial charge in [-0.1, -0.05) is 23.7 Å². The van der Waals surface area contributed by atoms with Crippen LogP contribution in [-0.2, 0) is 16.0 Å². The fourth-order valence-electron chi connectivity index (χ4n) is 1.65. The smallest absolute Gasteiger partial charge is 0.303 e. The van der Waals surface area contributed by atoms with Crippen molar-refractivity contribution in [3.05, 3.63) is 34.9 Å². The van der Waals surface area contributed by atoms with Crippen LogP contribution in [0.5, 0.6) is 0 Å². The summed E-state index contributed by atoms with van der Waals surface area (Å²) in [6, 6.07) is 6.80. The highest BCUT2D eigenvalue weighted by atomic mass is 35.5. The van der Waals surface area contributed by atoms with Gasteiger partial charge in [-0.25, -0.2) is 0 Å². The van der Waals surface area contributed by atoms with Gasteiger partial charge in [0.1, 0.15) is 0 Å². The third-order valence-electron chi connectivity index (χ3n) is 2.71. The second kappa shape index (κ2) is 7.76. The fourth-order valence-corrected chi connectivity index (χ4v) is 1.78. The second-order valence-corrected chi connectivity index (χ2v) is 4.65. The molecule has 0 aliphatic heterocycles. The zero-order chi connectivity index (χ0) is 14.3. The Labute approximate surface area is 116 Å². The monoisotopic (exact) mass is 284 g/mol. The molecule has 0 saturated carbocycles. The molecular weight excluding hydrogens is 268 g/mol. The molecule has 104 valence electrons. The number of carboxylic acids is 1. The number of nitrogens with two attached hydrogens (primary N) is 1. The lowest BCUT2D eigenvalue weighted by Gasteiger charge is -2.14. The average Bonchev–Trinajstić information content (AvgIpc) is 2.35. The van der Waals surface area contributed by atoms with Crippen LogP contribution in [0.15, 0.2) is 24.3 Å². The maximum Gasteiger partial charge on any atom is 0.303 e. The predicted octanol–water partition coefficient (Wildman–Crippen LogP) is 1.19. The van der Waals surface area contributed by atoms with E-state index in [1.165, 1.54) is 0 Å². The van der Waals surface area contributed by atoms with Crippen LogP contribution in [0.1, 0.15) is 18.4 Å². The third-order valence-corrected chi connectivity index (χ3v) is 2.96. The summed E-state index contributed by atoms with van der Waals surface area (Å²) in [6.07, 6.45) is 0.834. The first kappa shape index (κ1) is 15.5. The average molecular weight is 285 g/mol. The number of rotatable bonds is 8. The zero-order valence-corrected chi connectivity index (χ0v) is 11.2. The van der Waals surface area contributed by atoms with Crippen LogP contribution < -0.4 is 11.1 Å². The van der Waals surface area contributed by atoms with E-state index < -0.39 is 17.9 Å². The SMILES string of the molecule is NC(=O)[C@H](CCC(=O)O)NCCc1ccc(Cl)cc1. The van der Waals surface area contributed by atoms with Gasteiger partial charge in [-0.2, -0.15) is 0 Å². The van der Waals surface area contributed by atoms with Crippen LogP contribution in [0, 0.1) is 0 Å². The minimum atomic E-state index is -0.939. The maximum absolute atomic E-state index is 11.1. The lowest BCUT2D eigenvalue weighted by atomic mass is 10.1. The molecule has 0 aliphatic rings. The highest BCUT2D eigenvalue weighted by molar-refractivity contribution is 6.30. The van der Waals surface area contributed by atoms with E-state index in [1.807, 2.05) is 12.1 Å². The Bertz CT molecular complexity index is 434. The minimum Gasteiger partial charge on any atom is -0.481 e. The summed E-state index contributed by atoms with van der Waals surface area (Å²) in [6.45, 7) is 0.550. The number of carbonyl (C=O) groups is 2. The maximum atomic E-state index is 11.1. The van der Waals surface area contributed by atoms with Crippen molar-refractivity contribution in [2.24, 2.45) is 5.73 Å². The molecule has 0 heterocycles. The minimum absolute atomic E-state index is 0.0818. The normalized spacial score (nSPS) is 12.1. The number of nitrogens with one attached hydrogen (secondary N) is 1. The molecule has 0 bridgehead atoms. The van der Waals surface area contributed by atoms with Crippen LogP contribution in [0.25, 0.3) is 0 Å². The van der Waals surface area contributed by atoms with Crippen molar-refractivity contribution in [3.63, 3.8) is 0 Å². The molecular formula is C13H17ClN2O3. The largest absolute Gasteiger partial charge is 0.481 e. The molecule has 4 N–H and O–H groups in total. The summed E-state index contributed by atoms with van der Waals surface area (Å²) < 4.78 is 0. The van der Waals surface area contributed by atoms with Crippen molar-refractivity contribution in [1.82, 2.24) is 5.32 Å². The second-order valence-electron chi connectivity index (χ2n) is 4.22. The summed E-state index contributed by atoms with van der Waals surface area (Å²) >= 11 is 5.78. The van der Waals surface area contributed by atoms with Crippen LogP contribution in [-0.4, -0.2) is 29.6 Å². The molecule has 5 nitrogen and oxygen atoms in total. The van der Waals surface area contributed by atoms with Gasteiger partial charge in [-0.05, 0) is 37.1 Å². The van der Waals surface area contributed by atoms with E-state index in [0.29, 0.717) is 18.0 Å². The van der Waals surface area contributed by atoms with Gasteiger partial charge in [-0.3, -0.25) is 9.59 Å². The molecule has 0 unspecified atom stereocenters. The van der Waals surface area contributed by atoms with Gasteiger partial charge in [0.15, 0.2) is 0 Å². The lowest BCUT2D eigenvalue weighted by Crippen LogP contribution is -2.42. The van der Waals surface area contributed by atoms with Crippen LogP contribution in [0.2, 0.25) is 5.02 Å². The van der Waals surface area contributed by atoms with Crippen LogP contribution in [0.3, 0.4) is 0 Å². The number of hydrogen-bond donors (Lipinski definition) is 3.